The third-order valence-electron chi connectivity index (χ3n) is 2.45. The molecule has 0 bridgehead atoms. The van der Waals surface area contributed by atoms with Gasteiger partial charge in [-0.2, -0.15) is 0 Å². The van der Waals surface area contributed by atoms with Gasteiger partial charge in [0.05, 0.1) is 12.3 Å². The Labute approximate surface area is 110 Å². The van der Waals surface area contributed by atoms with Crippen LogP contribution in [0.5, 0.6) is 5.75 Å². The molecule has 1 aromatic heterocycles. The number of ether oxygens (including phenoxy) is 1. The highest BCUT2D eigenvalue weighted by Crippen LogP contribution is 2.22. The van der Waals surface area contributed by atoms with Crippen molar-refractivity contribution in [3.05, 3.63) is 33.6 Å². The van der Waals surface area contributed by atoms with E-state index in [4.69, 9.17) is 17.0 Å². The maximum Gasteiger partial charge on any atom is 0.158 e. The Bertz CT molecular complexity index is 513. The van der Waals surface area contributed by atoms with E-state index in [2.05, 4.69) is 24.0 Å². The van der Waals surface area contributed by atoms with Gasteiger partial charge in [-0.1, -0.05) is 13.3 Å². The molecule has 90 valence electrons. The normalized spacial score (nSPS) is 10.4. The lowest BCUT2D eigenvalue weighted by molar-refractivity contribution is 0.309. The fraction of sp³-hybridized carbons (Fsp3) is 0.308. The summed E-state index contributed by atoms with van der Waals surface area (Å²) in [4.78, 5) is 3.16. The molecule has 0 amide bonds. The zero-order chi connectivity index (χ0) is 12.1. The van der Waals surface area contributed by atoms with Gasteiger partial charge in [-0.05, 0) is 48.5 Å². The van der Waals surface area contributed by atoms with Crippen molar-refractivity contribution in [3.8, 4) is 17.0 Å². The number of hydrogen-bond donors (Lipinski definition) is 1. The van der Waals surface area contributed by atoms with E-state index in [1.165, 1.54) is 0 Å². The molecular formula is C13H15NOS2. The van der Waals surface area contributed by atoms with Gasteiger partial charge in [0.15, 0.2) is 3.95 Å². The highest BCUT2D eigenvalue weighted by atomic mass is 32.1. The smallest absolute Gasteiger partial charge is 0.158 e. The minimum Gasteiger partial charge on any atom is -0.494 e. The molecule has 0 spiro atoms. The van der Waals surface area contributed by atoms with E-state index in [1.54, 1.807) is 11.3 Å². The van der Waals surface area contributed by atoms with Crippen molar-refractivity contribution in [1.82, 2.24) is 4.98 Å². The predicted octanol–water partition coefficient (Wildman–Crippen LogP) is 4.65. The summed E-state index contributed by atoms with van der Waals surface area (Å²) in [6.45, 7) is 2.95. The first-order valence-corrected chi connectivity index (χ1v) is 6.99. The Morgan fingerprint density at radius 1 is 1.29 bits per heavy atom. The summed E-state index contributed by atoms with van der Waals surface area (Å²) in [6, 6.07) is 8.10. The Hall–Kier alpha value is -1.13. The van der Waals surface area contributed by atoms with Crippen LogP contribution >= 0.6 is 23.6 Å². The van der Waals surface area contributed by atoms with Crippen LogP contribution in [0.2, 0.25) is 0 Å². The number of unbranched alkanes of at least 4 members (excludes halogenated alkanes) is 1. The summed E-state index contributed by atoms with van der Waals surface area (Å²) in [7, 11) is 0. The first kappa shape index (κ1) is 12.3. The Balaban J connectivity index is 2.05. The first-order valence-electron chi connectivity index (χ1n) is 5.70. The third-order valence-corrected chi connectivity index (χ3v) is 3.51. The molecule has 0 saturated heterocycles. The number of thiazole rings is 1. The Morgan fingerprint density at radius 2 is 2.06 bits per heavy atom. The molecule has 0 fully saturated rings. The van der Waals surface area contributed by atoms with Crippen molar-refractivity contribution < 1.29 is 4.74 Å². The molecule has 1 aromatic carbocycles. The van der Waals surface area contributed by atoms with E-state index < -0.39 is 0 Å². The maximum absolute atomic E-state index is 5.61. The van der Waals surface area contributed by atoms with Gasteiger partial charge in [0.1, 0.15) is 5.75 Å². The van der Waals surface area contributed by atoms with Crippen LogP contribution in [-0.2, 0) is 0 Å². The van der Waals surface area contributed by atoms with Crippen molar-refractivity contribution in [2.24, 2.45) is 0 Å². The third kappa shape index (κ3) is 3.41. The maximum atomic E-state index is 5.61. The molecule has 0 saturated carbocycles. The number of H-pyrrole nitrogens is 1. The highest BCUT2D eigenvalue weighted by Gasteiger charge is 2.00. The minimum atomic E-state index is 0.788. The van der Waals surface area contributed by atoms with E-state index in [0.29, 0.717) is 0 Å². The van der Waals surface area contributed by atoms with Crippen LogP contribution < -0.4 is 4.74 Å². The summed E-state index contributed by atoms with van der Waals surface area (Å²) in [5, 5.41) is 2.04. The summed E-state index contributed by atoms with van der Waals surface area (Å²) in [5.74, 6) is 0.927. The van der Waals surface area contributed by atoms with Crippen LogP contribution in [-0.4, -0.2) is 11.6 Å². The summed E-state index contributed by atoms with van der Waals surface area (Å²) >= 11 is 6.62. The molecule has 0 radical (unpaired) electrons. The van der Waals surface area contributed by atoms with Gasteiger partial charge < -0.3 is 9.72 Å². The van der Waals surface area contributed by atoms with E-state index >= 15 is 0 Å². The number of rotatable bonds is 5. The van der Waals surface area contributed by atoms with Gasteiger partial charge in [0.25, 0.3) is 0 Å². The second kappa shape index (κ2) is 5.98. The second-order valence-electron chi connectivity index (χ2n) is 3.79. The van der Waals surface area contributed by atoms with E-state index in [0.717, 1.165) is 40.4 Å². The zero-order valence-electron chi connectivity index (χ0n) is 9.73. The standard InChI is InChI=1S/C13H15NOS2/c1-2-3-8-15-11-6-4-10(5-7-11)12-9-17-13(16)14-12/h4-7,9H,2-3,8H2,1H3,(H,14,16). The molecule has 4 heteroatoms. The van der Waals surface area contributed by atoms with Gasteiger partial charge in [-0.15, -0.1) is 11.3 Å². The second-order valence-corrected chi connectivity index (χ2v) is 5.33. The number of hydrogen-bond acceptors (Lipinski definition) is 3. The van der Waals surface area contributed by atoms with Gasteiger partial charge >= 0.3 is 0 Å². The number of aromatic amines is 1. The number of benzene rings is 1. The van der Waals surface area contributed by atoms with E-state index in [1.807, 2.05) is 17.5 Å². The van der Waals surface area contributed by atoms with Crippen molar-refractivity contribution in [2.45, 2.75) is 19.8 Å². The van der Waals surface area contributed by atoms with Crippen molar-refractivity contribution >= 4 is 23.6 Å². The largest absolute Gasteiger partial charge is 0.494 e. The lowest BCUT2D eigenvalue weighted by Gasteiger charge is -2.05. The van der Waals surface area contributed by atoms with Crippen molar-refractivity contribution in [1.29, 1.82) is 0 Å². The average molecular weight is 265 g/mol. The zero-order valence-corrected chi connectivity index (χ0v) is 11.4. The fourth-order valence-corrected chi connectivity index (χ4v) is 2.33. The van der Waals surface area contributed by atoms with E-state index in [-0.39, 0.29) is 0 Å². The first-order chi connectivity index (χ1) is 8.29. The van der Waals surface area contributed by atoms with Crippen LogP contribution in [0.4, 0.5) is 0 Å². The van der Waals surface area contributed by atoms with Crippen LogP contribution in [0.3, 0.4) is 0 Å². The molecule has 1 heterocycles. The number of nitrogens with one attached hydrogen (secondary N) is 1. The fourth-order valence-electron chi connectivity index (χ4n) is 1.49. The summed E-state index contributed by atoms with van der Waals surface area (Å²) in [6.07, 6.45) is 2.25. The number of aromatic nitrogens is 1. The average Bonchev–Trinajstić information content (AvgIpc) is 2.77. The van der Waals surface area contributed by atoms with Crippen molar-refractivity contribution in [2.75, 3.05) is 6.61 Å². The highest BCUT2D eigenvalue weighted by molar-refractivity contribution is 7.73. The van der Waals surface area contributed by atoms with Gasteiger partial charge in [-0.25, -0.2) is 0 Å². The van der Waals surface area contributed by atoms with Crippen LogP contribution in [0, 0.1) is 3.95 Å². The molecule has 0 atom stereocenters. The quantitative estimate of drug-likeness (QED) is 0.628. The van der Waals surface area contributed by atoms with Crippen LogP contribution in [0.1, 0.15) is 19.8 Å². The minimum absolute atomic E-state index is 0.788. The molecular weight excluding hydrogens is 250 g/mol. The molecule has 0 aliphatic rings. The van der Waals surface area contributed by atoms with Crippen LogP contribution in [0.25, 0.3) is 11.3 Å². The lowest BCUT2D eigenvalue weighted by Crippen LogP contribution is -1.95. The van der Waals surface area contributed by atoms with Crippen LogP contribution in [0.15, 0.2) is 29.6 Å². The molecule has 0 aliphatic heterocycles. The molecule has 1 N–H and O–H groups in total. The molecule has 0 unspecified atom stereocenters. The molecule has 0 aliphatic carbocycles. The predicted molar refractivity (Wildman–Crippen MR) is 75.3 cm³/mol. The monoisotopic (exact) mass is 265 g/mol. The van der Waals surface area contributed by atoms with Crippen molar-refractivity contribution in [3.63, 3.8) is 0 Å². The Kier molecular flexibility index (Phi) is 4.34. The summed E-state index contributed by atoms with van der Waals surface area (Å²) < 4.78 is 6.42. The Morgan fingerprint density at radius 3 is 2.65 bits per heavy atom. The summed E-state index contributed by atoms with van der Waals surface area (Å²) in [5.41, 5.74) is 2.21. The SMILES string of the molecule is CCCCOc1ccc(-c2csc(=S)[nH]2)cc1. The lowest BCUT2D eigenvalue weighted by atomic mass is 10.2. The van der Waals surface area contributed by atoms with E-state index in [9.17, 15) is 0 Å². The molecule has 2 nitrogen and oxygen atoms in total. The molecule has 2 aromatic rings. The molecule has 2 rings (SSSR count). The van der Waals surface area contributed by atoms with Gasteiger partial charge in [0.2, 0.25) is 0 Å². The topological polar surface area (TPSA) is 25.0 Å². The molecule has 17 heavy (non-hydrogen) atoms. The van der Waals surface area contributed by atoms with Gasteiger partial charge in [-0.3, -0.25) is 0 Å². The van der Waals surface area contributed by atoms with Gasteiger partial charge in [0, 0.05) is 5.38 Å².